The zero-order chi connectivity index (χ0) is 14.7. The second kappa shape index (κ2) is 6.52. The van der Waals surface area contributed by atoms with Crippen LogP contribution in [0.4, 0.5) is 11.5 Å². The molecule has 0 spiro atoms. The van der Waals surface area contributed by atoms with Crippen molar-refractivity contribution in [1.29, 1.82) is 0 Å². The first-order valence-corrected chi connectivity index (χ1v) is 8.06. The minimum Gasteiger partial charge on any atom is -0.476 e. The van der Waals surface area contributed by atoms with Crippen molar-refractivity contribution in [2.24, 2.45) is 5.92 Å². The van der Waals surface area contributed by atoms with Crippen molar-refractivity contribution in [3.05, 3.63) is 12.1 Å². The predicted molar refractivity (Wildman–Crippen MR) is 85.6 cm³/mol. The van der Waals surface area contributed by atoms with Gasteiger partial charge in [-0.25, -0.2) is 0 Å². The fourth-order valence-corrected chi connectivity index (χ4v) is 2.77. The quantitative estimate of drug-likeness (QED) is 0.842. The Bertz CT molecular complexity index is 475. The Morgan fingerprint density at radius 2 is 2.19 bits per heavy atom. The SMILES string of the molecule is CN1CCCCC1CNc1ccc(N)c(OCC2CC2)n1. The van der Waals surface area contributed by atoms with Crippen LogP contribution in [-0.2, 0) is 0 Å². The van der Waals surface area contributed by atoms with Crippen LogP contribution in [0.15, 0.2) is 12.1 Å². The van der Waals surface area contributed by atoms with Gasteiger partial charge in [-0.15, -0.1) is 0 Å². The smallest absolute Gasteiger partial charge is 0.239 e. The van der Waals surface area contributed by atoms with Crippen LogP contribution in [0.25, 0.3) is 0 Å². The third kappa shape index (κ3) is 4.00. The zero-order valence-corrected chi connectivity index (χ0v) is 12.8. The van der Waals surface area contributed by atoms with Gasteiger partial charge in [0.2, 0.25) is 5.88 Å². The Morgan fingerprint density at radius 1 is 1.33 bits per heavy atom. The van der Waals surface area contributed by atoms with E-state index in [0.717, 1.165) is 19.0 Å². The number of rotatable bonds is 6. The van der Waals surface area contributed by atoms with Gasteiger partial charge in [-0.1, -0.05) is 6.42 Å². The van der Waals surface area contributed by atoms with Crippen molar-refractivity contribution < 1.29 is 4.74 Å². The number of nitrogens with zero attached hydrogens (tertiary/aromatic N) is 2. The van der Waals surface area contributed by atoms with Crippen molar-refractivity contribution in [3.8, 4) is 5.88 Å². The van der Waals surface area contributed by atoms with E-state index in [1.54, 1.807) is 0 Å². The Kier molecular flexibility index (Phi) is 4.48. The van der Waals surface area contributed by atoms with Crippen molar-refractivity contribution in [3.63, 3.8) is 0 Å². The van der Waals surface area contributed by atoms with Gasteiger partial charge in [-0.2, -0.15) is 4.98 Å². The van der Waals surface area contributed by atoms with E-state index in [1.165, 1.54) is 38.6 Å². The molecule has 2 fully saturated rings. The Hall–Kier alpha value is -1.49. The average Bonchev–Trinajstić information content (AvgIpc) is 3.31. The summed E-state index contributed by atoms with van der Waals surface area (Å²) in [6.45, 7) is 2.86. The number of likely N-dealkylation sites (N-methyl/N-ethyl adjacent to an activating group) is 1. The van der Waals surface area contributed by atoms with Gasteiger partial charge in [-0.05, 0) is 57.3 Å². The molecule has 5 nitrogen and oxygen atoms in total. The number of nitrogen functional groups attached to an aromatic ring is 1. The number of aromatic nitrogens is 1. The number of nitrogens with two attached hydrogens (primary N) is 1. The third-order valence-electron chi connectivity index (χ3n) is 4.48. The van der Waals surface area contributed by atoms with Gasteiger partial charge in [0.25, 0.3) is 0 Å². The third-order valence-corrected chi connectivity index (χ3v) is 4.48. The Morgan fingerprint density at radius 3 is 2.95 bits per heavy atom. The monoisotopic (exact) mass is 290 g/mol. The van der Waals surface area contributed by atoms with E-state index in [4.69, 9.17) is 10.5 Å². The van der Waals surface area contributed by atoms with Gasteiger partial charge in [0.15, 0.2) is 0 Å². The van der Waals surface area contributed by atoms with Crippen molar-refractivity contribution in [1.82, 2.24) is 9.88 Å². The maximum atomic E-state index is 5.93. The summed E-state index contributed by atoms with van der Waals surface area (Å²) in [5.74, 6) is 2.14. The lowest BCUT2D eigenvalue weighted by Gasteiger charge is -2.32. The molecular formula is C16H26N4O. The number of likely N-dealkylation sites (tertiary alicyclic amines) is 1. The molecule has 3 N–H and O–H groups in total. The minimum absolute atomic E-state index is 0.573. The highest BCUT2D eigenvalue weighted by Gasteiger charge is 2.23. The maximum Gasteiger partial charge on any atom is 0.239 e. The van der Waals surface area contributed by atoms with E-state index >= 15 is 0 Å². The van der Waals surface area contributed by atoms with Crippen molar-refractivity contribution in [2.75, 3.05) is 37.8 Å². The molecule has 1 unspecified atom stereocenters. The molecule has 1 saturated carbocycles. The average molecular weight is 290 g/mol. The summed E-state index contributed by atoms with van der Waals surface area (Å²) >= 11 is 0. The first kappa shape index (κ1) is 14.4. The second-order valence-electron chi connectivity index (χ2n) is 6.36. The van der Waals surface area contributed by atoms with E-state index in [1.807, 2.05) is 12.1 Å². The van der Waals surface area contributed by atoms with Crippen molar-refractivity contribution >= 4 is 11.5 Å². The molecule has 0 bridgehead atoms. The largest absolute Gasteiger partial charge is 0.476 e. The van der Waals surface area contributed by atoms with E-state index in [0.29, 0.717) is 23.5 Å². The van der Waals surface area contributed by atoms with Crippen LogP contribution in [-0.4, -0.2) is 42.7 Å². The highest BCUT2D eigenvalue weighted by molar-refractivity contribution is 5.53. The van der Waals surface area contributed by atoms with E-state index < -0.39 is 0 Å². The van der Waals surface area contributed by atoms with Gasteiger partial charge in [0, 0.05) is 12.6 Å². The number of ether oxygens (including phenoxy) is 1. The predicted octanol–water partition coefficient (Wildman–Crippen LogP) is 2.35. The first-order valence-electron chi connectivity index (χ1n) is 8.06. The number of piperidine rings is 1. The number of hydrogen-bond acceptors (Lipinski definition) is 5. The lowest BCUT2D eigenvalue weighted by Crippen LogP contribution is -2.40. The maximum absolute atomic E-state index is 5.93. The van der Waals surface area contributed by atoms with Crippen LogP contribution < -0.4 is 15.8 Å². The number of pyridine rings is 1. The van der Waals surface area contributed by atoms with Gasteiger partial charge in [0.1, 0.15) is 5.82 Å². The molecule has 2 heterocycles. The summed E-state index contributed by atoms with van der Waals surface area (Å²) in [5, 5.41) is 3.43. The zero-order valence-electron chi connectivity index (χ0n) is 12.8. The molecule has 2 aliphatic rings. The van der Waals surface area contributed by atoms with Gasteiger partial charge in [0.05, 0.1) is 12.3 Å². The molecular weight excluding hydrogens is 264 g/mol. The summed E-state index contributed by atoms with van der Waals surface area (Å²) in [7, 11) is 2.20. The van der Waals surface area contributed by atoms with E-state index in [-0.39, 0.29) is 0 Å². The molecule has 3 rings (SSSR count). The van der Waals surface area contributed by atoms with Crippen LogP contribution in [0.1, 0.15) is 32.1 Å². The molecule has 1 atom stereocenters. The molecule has 21 heavy (non-hydrogen) atoms. The number of hydrogen-bond donors (Lipinski definition) is 2. The Balaban J connectivity index is 1.55. The molecule has 1 saturated heterocycles. The van der Waals surface area contributed by atoms with Crippen LogP contribution in [0, 0.1) is 5.92 Å². The summed E-state index contributed by atoms with van der Waals surface area (Å²) in [4.78, 5) is 6.93. The highest BCUT2D eigenvalue weighted by atomic mass is 16.5. The standard InChI is InChI=1S/C16H26N4O/c1-20-9-3-2-4-13(20)10-18-15-8-7-14(17)16(19-15)21-11-12-5-6-12/h7-8,12-13H,2-6,9-11,17H2,1H3,(H,18,19). The molecule has 1 aliphatic heterocycles. The molecule has 116 valence electrons. The van der Waals surface area contributed by atoms with Crippen LogP contribution >= 0.6 is 0 Å². The summed E-state index contributed by atoms with van der Waals surface area (Å²) < 4.78 is 5.73. The normalized spacial score (nSPS) is 23.0. The van der Waals surface area contributed by atoms with Crippen LogP contribution in [0.2, 0.25) is 0 Å². The van der Waals surface area contributed by atoms with Crippen LogP contribution in [0.3, 0.4) is 0 Å². The van der Waals surface area contributed by atoms with Gasteiger partial charge in [-0.3, -0.25) is 0 Å². The Labute approximate surface area is 126 Å². The highest BCUT2D eigenvalue weighted by Crippen LogP contribution is 2.30. The van der Waals surface area contributed by atoms with E-state index in [9.17, 15) is 0 Å². The fourth-order valence-electron chi connectivity index (χ4n) is 2.77. The fraction of sp³-hybridized carbons (Fsp3) is 0.688. The lowest BCUT2D eigenvalue weighted by atomic mass is 10.0. The molecule has 0 amide bonds. The van der Waals surface area contributed by atoms with Crippen molar-refractivity contribution in [2.45, 2.75) is 38.1 Å². The van der Waals surface area contributed by atoms with E-state index in [2.05, 4.69) is 22.2 Å². The summed E-state index contributed by atoms with van der Waals surface area (Å²) in [6.07, 6.45) is 6.43. The first-order chi connectivity index (χ1) is 10.2. The molecule has 1 aromatic rings. The van der Waals surface area contributed by atoms with Crippen LogP contribution in [0.5, 0.6) is 5.88 Å². The molecule has 0 radical (unpaired) electrons. The minimum atomic E-state index is 0.573. The molecule has 1 aliphatic carbocycles. The summed E-state index contributed by atoms with van der Waals surface area (Å²) in [5.41, 5.74) is 6.55. The van der Waals surface area contributed by atoms with Gasteiger partial charge < -0.3 is 20.7 Å². The summed E-state index contributed by atoms with van der Waals surface area (Å²) in [6, 6.07) is 4.40. The molecule has 5 heteroatoms. The topological polar surface area (TPSA) is 63.4 Å². The number of nitrogens with one attached hydrogen (secondary N) is 1. The molecule has 0 aromatic carbocycles. The number of anilines is 2. The lowest BCUT2D eigenvalue weighted by molar-refractivity contribution is 0.194. The molecule has 1 aromatic heterocycles. The second-order valence-corrected chi connectivity index (χ2v) is 6.36. The van der Waals surface area contributed by atoms with Gasteiger partial charge >= 0.3 is 0 Å².